The van der Waals surface area contributed by atoms with Gasteiger partial charge in [0.15, 0.2) is 0 Å². The summed E-state index contributed by atoms with van der Waals surface area (Å²) >= 11 is 3.65. The Kier molecular flexibility index (Phi) is 31.2. The van der Waals surface area contributed by atoms with Gasteiger partial charge in [0.2, 0.25) is 5.91 Å². The number of nitrogens with one attached hydrogen (secondary N) is 4. The molecule has 0 radical (unpaired) electrons. The van der Waals surface area contributed by atoms with Crippen molar-refractivity contribution in [1.82, 2.24) is 35.7 Å². The zero-order valence-corrected chi connectivity index (χ0v) is 41.2. The monoisotopic (exact) mass is 899 g/mol. The maximum atomic E-state index is 12.9. The molecule has 0 saturated carbocycles. The number of carbonyl (C=O) groups excluding carboxylic acids is 4. The van der Waals surface area contributed by atoms with E-state index in [0.29, 0.717) is 48.3 Å². The van der Waals surface area contributed by atoms with Crippen molar-refractivity contribution >= 4 is 59.8 Å². The minimum absolute atomic E-state index is 0.180. The van der Waals surface area contributed by atoms with Gasteiger partial charge in [-0.2, -0.15) is 23.5 Å². The lowest BCUT2D eigenvalue weighted by molar-refractivity contribution is -0.132. The van der Waals surface area contributed by atoms with E-state index in [1.807, 2.05) is 56.2 Å². The van der Waals surface area contributed by atoms with Crippen LogP contribution in [0.4, 0.5) is 9.59 Å². The second kappa shape index (κ2) is 33.8. The molecule has 0 aliphatic heterocycles. The van der Waals surface area contributed by atoms with Gasteiger partial charge in [-0.3, -0.25) is 9.79 Å². The van der Waals surface area contributed by atoms with Crippen LogP contribution in [0.3, 0.4) is 0 Å². The van der Waals surface area contributed by atoms with Crippen LogP contribution < -0.4 is 16.0 Å². The number of amides is 3. The molecule has 3 amide bonds. The summed E-state index contributed by atoms with van der Waals surface area (Å²) in [5.74, 6) is 1.84. The number of imidazole rings is 1. The van der Waals surface area contributed by atoms with Gasteiger partial charge in [0, 0.05) is 70.3 Å². The fourth-order valence-electron chi connectivity index (χ4n) is 5.15. The average molecular weight is 899 g/mol. The Morgan fingerprint density at radius 2 is 1.31 bits per heavy atom. The molecule has 62 heavy (non-hydrogen) atoms. The minimum Gasteiger partial charge on any atom is -0.453 e. The summed E-state index contributed by atoms with van der Waals surface area (Å²) in [5.41, 5.74) is 6.38. The highest BCUT2D eigenvalue weighted by atomic mass is 32.2. The number of ether oxygens (including phenoxy) is 2. The van der Waals surface area contributed by atoms with Crippen LogP contribution in [0.1, 0.15) is 65.8 Å². The number of nitrogens with zero attached hydrogens (tertiary/aromatic N) is 4. The Balaban J connectivity index is 0.00000172. The molecule has 2 aromatic carbocycles. The number of aldehydes is 1. The van der Waals surface area contributed by atoms with Crippen LogP contribution in [-0.4, -0.2) is 135 Å². The van der Waals surface area contributed by atoms with Gasteiger partial charge in [-0.1, -0.05) is 90.1 Å². The Hall–Kier alpha value is -4.80. The number of rotatable bonds is 19. The number of H-pyrrole nitrogens is 1. The zero-order valence-electron chi connectivity index (χ0n) is 39.5. The van der Waals surface area contributed by atoms with Gasteiger partial charge in [0.05, 0.1) is 44.6 Å². The van der Waals surface area contributed by atoms with Crippen molar-refractivity contribution in [3.05, 3.63) is 72.3 Å². The van der Waals surface area contributed by atoms with E-state index in [4.69, 9.17) is 0 Å². The predicted molar refractivity (Wildman–Crippen MR) is 262 cm³/mol. The maximum absolute atomic E-state index is 12.9. The summed E-state index contributed by atoms with van der Waals surface area (Å²) in [6, 6.07) is 17.0. The second-order valence-corrected chi connectivity index (χ2v) is 17.5. The fourth-order valence-corrected chi connectivity index (χ4v) is 5.89. The van der Waals surface area contributed by atoms with Crippen LogP contribution >= 0.6 is 23.5 Å². The molecule has 3 rings (SSSR count). The van der Waals surface area contributed by atoms with E-state index in [9.17, 15) is 19.2 Å². The van der Waals surface area contributed by atoms with Crippen LogP contribution in [0.2, 0.25) is 0 Å². The Morgan fingerprint density at radius 3 is 1.73 bits per heavy atom. The first-order valence-electron chi connectivity index (χ1n) is 20.6. The first kappa shape index (κ1) is 57.2. The quantitative estimate of drug-likeness (QED) is 0.0674. The molecule has 2 unspecified atom stereocenters. The van der Waals surface area contributed by atoms with Gasteiger partial charge in [0.25, 0.3) is 0 Å². The average Bonchev–Trinajstić information content (AvgIpc) is 3.74. The van der Waals surface area contributed by atoms with Gasteiger partial charge in [-0.25, -0.2) is 14.6 Å². The molecule has 1 aromatic heterocycles. The first-order valence-corrected chi connectivity index (χ1v) is 23.2. The summed E-state index contributed by atoms with van der Waals surface area (Å²) in [5, 5.41) is 8.75. The lowest BCUT2D eigenvalue weighted by atomic mass is 10.0. The Morgan fingerprint density at radius 1 is 0.790 bits per heavy atom. The Labute approximate surface area is 380 Å². The van der Waals surface area contributed by atoms with Crippen LogP contribution in [0.15, 0.2) is 65.9 Å². The summed E-state index contributed by atoms with van der Waals surface area (Å²) in [6.07, 6.45) is 11.3. The predicted octanol–water partition coefficient (Wildman–Crippen LogP) is 8.32. The van der Waals surface area contributed by atoms with E-state index in [1.54, 1.807) is 11.8 Å². The third kappa shape index (κ3) is 25.2. The number of hydrogen-bond acceptors (Lipinski definition) is 12. The fraction of sp³-hybridized carbons (Fsp3) is 0.522. The second-order valence-electron chi connectivity index (χ2n) is 15.0. The lowest BCUT2D eigenvalue weighted by Crippen LogP contribution is -2.36. The van der Waals surface area contributed by atoms with Crippen molar-refractivity contribution in [2.45, 2.75) is 71.4 Å². The minimum atomic E-state index is -0.407. The summed E-state index contributed by atoms with van der Waals surface area (Å²) in [7, 11) is 9.70. The molecule has 3 aromatic rings. The molecule has 14 nitrogen and oxygen atoms in total. The van der Waals surface area contributed by atoms with Gasteiger partial charge in [-0.05, 0) is 53.6 Å². The molecule has 0 saturated heterocycles. The standard InChI is InChI=1S/C35H50N6OS2.C5H10O.2C3H7NO2/c1-25(2)19-35(42)41(23-27(4)44-8)24-34-38-21-33(39-34)31-15-11-29(12-16-31)28-9-13-30(14-10-28)32(36-5)20-37-17-18-40(6)22-26(3)43-7;1-5(2)3-4-6;2*1-4-3(5)6-2/h9-17,20-21,25-27,36H,18-19,22-24H2,1-8H3,(H,38,39);4-5H,3H2,1-2H3;2*1-2H3,(H,4,5)/b32-20-,37-17?;;;. The number of benzene rings is 2. The normalized spacial score (nSPS) is 11.9. The highest BCUT2D eigenvalue weighted by molar-refractivity contribution is 7.99. The number of thioether (sulfide) groups is 2. The molecule has 4 N–H and O–H groups in total. The van der Waals surface area contributed by atoms with Crippen LogP contribution in [0, 0.1) is 11.8 Å². The summed E-state index contributed by atoms with van der Waals surface area (Å²) in [6.45, 7) is 15.7. The number of hydrogen-bond donors (Lipinski definition) is 4. The molecule has 0 aliphatic carbocycles. The lowest BCUT2D eigenvalue weighted by Gasteiger charge is -2.25. The van der Waals surface area contributed by atoms with Gasteiger partial charge in [0.1, 0.15) is 12.1 Å². The number of methoxy groups -OCH3 is 2. The van der Waals surface area contributed by atoms with Crippen molar-refractivity contribution in [1.29, 1.82) is 0 Å². The molecule has 346 valence electrons. The highest BCUT2D eigenvalue weighted by Gasteiger charge is 2.19. The van der Waals surface area contributed by atoms with E-state index >= 15 is 0 Å². The molecular formula is C46H74N8O6S2. The molecule has 0 fully saturated rings. The van der Waals surface area contributed by atoms with Gasteiger partial charge in [-0.15, -0.1) is 0 Å². The van der Waals surface area contributed by atoms with Crippen LogP contribution in [0.25, 0.3) is 28.1 Å². The molecule has 0 bridgehead atoms. The number of aromatic nitrogens is 2. The van der Waals surface area contributed by atoms with Crippen molar-refractivity contribution in [2.24, 2.45) is 16.8 Å². The molecule has 0 spiro atoms. The maximum Gasteiger partial charge on any atom is 0.406 e. The SMILES string of the molecule is CC(C)CC=O.CN/C(=C\N=CCN(C)CC(C)SC)c1ccc(-c2ccc(-c3cnc(CN(CC(C)SC)C(=O)CC(C)C)[nH]3)cc2)cc1.CNC(=O)OC.CNC(=O)OC. The number of aliphatic imine (C=N–C) groups is 1. The van der Waals surface area contributed by atoms with Gasteiger partial charge < -0.3 is 45.0 Å². The smallest absolute Gasteiger partial charge is 0.406 e. The van der Waals surface area contributed by atoms with E-state index in [1.165, 1.54) is 28.3 Å². The first-order chi connectivity index (χ1) is 29.5. The number of carbonyl (C=O) groups is 4. The van der Waals surface area contributed by atoms with Gasteiger partial charge >= 0.3 is 12.2 Å². The molecule has 16 heteroatoms. The molecule has 0 aliphatic rings. The number of alkyl carbamates (subject to hydrolysis) is 2. The Bertz CT molecular complexity index is 1720. The third-order valence-electron chi connectivity index (χ3n) is 8.80. The van der Waals surface area contributed by atoms with Crippen molar-refractivity contribution < 1.29 is 28.7 Å². The van der Waals surface area contributed by atoms with Crippen molar-refractivity contribution in [3.63, 3.8) is 0 Å². The van der Waals surface area contributed by atoms with E-state index in [-0.39, 0.29) is 5.91 Å². The molecule has 2 atom stereocenters. The summed E-state index contributed by atoms with van der Waals surface area (Å²) in [4.78, 5) is 59.0. The zero-order chi connectivity index (χ0) is 47.0. The summed E-state index contributed by atoms with van der Waals surface area (Å²) < 4.78 is 8.30. The van der Waals surface area contributed by atoms with Crippen LogP contribution in [0.5, 0.6) is 0 Å². The van der Waals surface area contributed by atoms with Crippen molar-refractivity contribution in [2.75, 3.05) is 74.6 Å². The number of aromatic amines is 1. The third-order valence-corrected chi connectivity index (χ3v) is 10.7. The van der Waals surface area contributed by atoms with E-state index < -0.39 is 12.2 Å². The highest BCUT2D eigenvalue weighted by Crippen LogP contribution is 2.26. The van der Waals surface area contributed by atoms with Crippen molar-refractivity contribution in [3.8, 4) is 22.4 Å². The molecular weight excluding hydrogens is 825 g/mol. The topological polar surface area (TPSA) is 170 Å². The van der Waals surface area contributed by atoms with E-state index in [0.717, 1.165) is 58.8 Å². The van der Waals surface area contributed by atoms with E-state index in [2.05, 4.69) is 141 Å². The largest absolute Gasteiger partial charge is 0.453 e. The van der Waals surface area contributed by atoms with Crippen LogP contribution in [-0.2, 0) is 25.6 Å². The molecule has 1 heterocycles.